The van der Waals surface area contributed by atoms with Gasteiger partial charge in [0.15, 0.2) is 0 Å². The fourth-order valence-electron chi connectivity index (χ4n) is 11.8. The molecule has 1 saturated heterocycles. The minimum atomic E-state index is -0.0320. The largest absolute Gasteiger partial charge is 0.335 e. The van der Waals surface area contributed by atoms with E-state index in [1.807, 2.05) is 0 Å². The molecule has 5 fully saturated rings. The molecule has 0 spiro atoms. The first-order chi connectivity index (χ1) is 17.8. The average molecular weight is 552 g/mol. The van der Waals surface area contributed by atoms with E-state index >= 15 is 0 Å². The van der Waals surface area contributed by atoms with E-state index < -0.39 is 0 Å². The van der Waals surface area contributed by atoms with Crippen molar-refractivity contribution >= 4 is 18.4 Å². The molecule has 1 aromatic heterocycles. The van der Waals surface area contributed by atoms with Crippen LogP contribution in [0.1, 0.15) is 105 Å². The zero-order chi connectivity index (χ0) is 27.3. The summed E-state index contributed by atoms with van der Waals surface area (Å²) < 4.78 is 0. The topological polar surface area (TPSA) is 78.8 Å². The van der Waals surface area contributed by atoms with Gasteiger partial charge in [0.25, 0.3) is 0 Å². The van der Waals surface area contributed by atoms with Gasteiger partial charge in [0.05, 0.1) is 18.0 Å². The van der Waals surface area contributed by atoms with Crippen LogP contribution in [0.4, 0.5) is 5.95 Å². The van der Waals surface area contributed by atoms with Gasteiger partial charge in [0, 0.05) is 17.6 Å². The Hall–Kier alpha value is -1.64. The van der Waals surface area contributed by atoms with Crippen molar-refractivity contribution in [1.82, 2.24) is 9.97 Å². The smallest absolute Gasteiger partial charge is 0.225 e. The minimum Gasteiger partial charge on any atom is -0.335 e. The van der Waals surface area contributed by atoms with Crippen LogP contribution in [0.5, 0.6) is 0 Å². The van der Waals surface area contributed by atoms with Crippen LogP contribution >= 0.6 is 12.4 Å². The maximum Gasteiger partial charge on any atom is 0.225 e. The highest BCUT2D eigenvalue weighted by Crippen LogP contribution is 2.75. The SMILES string of the molecule is C=C(C)[C@@H]1CC[C@]2(N)CC[C@]3(C)[C@H](CC[C@@H]4[C@@]5(C)CCN(c6ncc(C#N)cn6)C(C)(C)[C@@H]5CC[C@]43C)[C@@H]12.Cl. The average Bonchev–Trinajstić information content (AvgIpc) is 3.22. The molecule has 39 heavy (non-hydrogen) atoms. The lowest BCUT2D eigenvalue weighted by Crippen LogP contribution is -2.70. The second kappa shape index (κ2) is 9.18. The molecule has 0 bridgehead atoms. The van der Waals surface area contributed by atoms with Crippen molar-refractivity contribution in [2.75, 3.05) is 11.4 Å². The number of piperidine rings is 1. The first-order valence-corrected chi connectivity index (χ1v) is 15.3. The summed E-state index contributed by atoms with van der Waals surface area (Å²) in [6.45, 7) is 20.6. The summed E-state index contributed by atoms with van der Waals surface area (Å²) in [6.07, 6.45) is 14.7. The molecule has 0 amide bonds. The lowest BCUT2D eigenvalue weighted by molar-refractivity contribution is -0.220. The maximum atomic E-state index is 9.22. The van der Waals surface area contributed by atoms with E-state index in [1.165, 1.54) is 63.4 Å². The highest BCUT2D eigenvalue weighted by atomic mass is 35.5. The van der Waals surface area contributed by atoms with Crippen molar-refractivity contribution < 1.29 is 0 Å². The van der Waals surface area contributed by atoms with Gasteiger partial charge in [0.2, 0.25) is 5.95 Å². The summed E-state index contributed by atoms with van der Waals surface area (Å²) in [4.78, 5) is 11.7. The predicted octanol–water partition coefficient (Wildman–Crippen LogP) is 7.31. The van der Waals surface area contributed by atoms with Gasteiger partial charge >= 0.3 is 0 Å². The fourth-order valence-corrected chi connectivity index (χ4v) is 11.8. The Bertz CT molecular complexity index is 1170. The molecule has 2 N–H and O–H groups in total. The van der Waals surface area contributed by atoms with Crippen molar-refractivity contribution in [1.29, 1.82) is 5.26 Å². The Balaban J connectivity index is 0.00000308. The standard InChI is InChI=1S/C33H49N5.ClH/c1-21(2)23-10-13-33(35)15-14-31(6)24(27(23)33)8-9-26-30(5)16-17-38(28-36-19-22(18-34)20-37-28)29(3,4)25(30)11-12-32(26,31)7;/h19-20,23-27H,1,8-17,35H2,2-7H3;1H/t23-,24+,25-,26+,27+,30-,31+,32+,33-;/m0./s1. The molecule has 0 unspecified atom stereocenters. The van der Waals surface area contributed by atoms with Crippen LogP contribution in [-0.2, 0) is 0 Å². The predicted molar refractivity (Wildman–Crippen MR) is 160 cm³/mol. The second-order valence-corrected chi connectivity index (χ2v) is 15.4. The molecule has 5 aliphatic rings. The normalized spacial score (nSPS) is 46.0. The number of nitriles is 1. The molecule has 9 atom stereocenters. The molecular weight excluding hydrogens is 502 g/mol. The number of anilines is 1. The first-order valence-electron chi connectivity index (χ1n) is 15.3. The Morgan fingerprint density at radius 1 is 0.949 bits per heavy atom. The highest BCUT2D eigenvalue weighted by Gasteiger charge is 2.70. The van der Waals surface area contributed by atoms with Crippen molar-refractivity contribution in [3.05, 3.63) is 30.1 Å². The summed E-state index contributed by atoms with van der Waals surface area (Å²) in [5, 5.41) is 9.22. The van der Waals surface area contributed by atoms with E-state index in [-0.39, 0.29) is 23.5 Å². The van der Waals surface area contributed by atoms with Crippen LogP contribution in [0, 0.1) is 57.2 Å². The molecule has 6 rings (SSSR count). The van der Waals surface area contributed by atoms with E-state index in [0.717, 1.165) is 18.4 Å². The molecule has 0 aromatic carbocycles. The number of hydrogen-bond donors (Lipinski definition) is 1. The number of aromatic nitrogens is 2. The molecule has 1 aromatic rings. The van der Waals surface area contributed by atoms with Gasteiger partial charge in [-0.3, -0.25) is 0 Å². The second-order valence-electron chi connectivity index (χ2n) is 15.4. The summed E-state index contributed by atoms with van der Waals surface area (Å²) in [7, 11) is 0. The molecule has 5 nitrogen and oxygen atoms in total. The van der Waals surface area contributed by atoms with Crippen molar-refractivity contribution in [3.63, 3.8) is 0 Å². The molecular formula is C33H50ClN5. The van der Waals surface area contributed by atoms with Gasteiger partial charge < -0.3 is 10.6 Å². The number of nitrogens with zero attached hydrogens (tertiary/aromatic N) is 4. The molecule has 6 heteroatoms. The van der Waals surface area contributed by atoms with Gasteiger partial charge in [-0.05, 0) is 124 Å². The Morgan fingerprint density at radius 3 is 2.28 bits per heavy atom. The number of halogens is 1. The number of hydrogen-bond acceptors (Lipinski definition) is 5. The van der Waals surface area contributed by atoms with Gasteiger partial charge in [-0.2, -0.15) is 5.26 Å². The Labute approximate surface area is 242 Å². The van der Waals surface area contributed by atoms with Gasteiger partial charge in [-0.15, -0.1) is 12.4 Å². The van der Waals surface area contributed by atoms with E-state index in [4.69, 9.17) is 5.73 Å². The number of nitrogens with two attached hydrogens (primary N) is 1. The number of fused-ring (bicyclic) bond motifs is 7. The van der Waals surface area contributed by atoms with Crippen molar-refractivity contribution in [2.24, 2.45) is 51.6 Å². The lowest BCUT2D eigenvalue weighted by atomic mass is 9.33. The van der Waals surface area contributed by atoms with Crippen LogP contribution in [-0.4, -0.2) is 27.6 Å². The van der Waals surface area contributed by atoms with E-state index in [9.17, 15) is 5.26 Å². The monoisotopic (exact) mass is 551 g/mol. The van der Waals surface area contributed by atoms with Crippen LogP contribution in [0.15, 0.2) is 24.5 Å². The van der Waals surface area contributed by atoms with Crippen LogP contribution in [0.25, 0.3) is 0 Å². The molecule has 2 heterocycles. The molecule has 4 saturated carbocycles. The fraction of sp³-hybridized carbons (Fsp3) is 0.788. The third kappa shape index (κ3) is 3.72. The van der Waals surface area contributed by atoms with Crippen molar-refractivity contribution in [3.8, 4) is 6.07 Å². The summed E-state index contributed by atoms with van der Waals surface area (Å²) in [6, 6.07) is 2.16. The number of allylic oxidation sites excluding steroid dienone is 1. The summed E-state index contributed by atoms with van der Waals surface area (Å²) in [5.41, 5.74) is 10.1. The third-order valence-electron chi connectivity index (χ3n) is 13.8. The molecule has 1 aliphatic heterocycles. The molecule has 0 radical (unpaired) electrons. The first kappa shape index (κ1) is 28.9. The zero-order valence-electron chi connectivity index (χ0n) is 25.1. The zero-order valence-corrected chi connectivity index (χ0v) is 25.9. The molecule has 4 aliphatic carbocycles. The third-order valence-corrected chi connectivity index (χ3v) is 13.8. The van der Waals surface area contributed by atoms with Gasteiger partial charge in [-0.1, -0.05) is 32.9 Å². The van der Waals surface area contributed by atoms with Crippen LogP contribution in [0.2, 0.25) is 0 Å². The highest BCUT2D eigenvalue weighted by molar-refractivity contribution is 5.85. The van der Waals surface area contributed by atoms with Crippen LogP contribution < -0.4 is 10.6 Å². The van der Waals surface area contributed by atoms with E-state index in [2.05, 4.69) is 69.1 Å². The number of rotatable bonds is 2. The minimum absolute atomic E-state index is 0. The van der Waals surface area contributed by atoms with Gasteiger partial charge in [-0.25, -0.2) is 9.97 Å². The lowest BCUT2D eigenvalue weighted by Gasteiger charge is -2.73. The summed E-state index contributed by atoms with van der Waals surface area (Å²) >= 11 is 0. The van der Waals surface area contributed by atoms with Crippen LogP contribution in [0.3, 0.4) is 0 Å². The molecule has 214 valence electrons. The summed E-state index contributed by atoms with van der Waals surface area (Å²) in [5.74, 6) is 4.02. The van der Waals surface area contributed by atoms with E-state index in [1.54, 1.807) is 12.4 Å². The van der Waals surface area contributed by atoms with E-state index in [0.29, 0.717) is 45.5 Å². The van der Waals surface area contributed by atoms with Crippen molar-refractivity contribution in [2.45, 2.75) is 110 Å². The maximum absolute atomic E-state index is 9.22. The van der Waals surface area contributed by atoms with Gasteiger partial charge in [0.1, 0.15) is 6.07 Å². The quantitative estimate of drug-likeness (QED) is 0.390. The Morgan fingerprint density at radius 2 is 1.64 bits per heavy atom. The Kier molecular flexibility index (Phi) is 6.80.